The van der Waals surface area contributed by atoms with E-state index in [0.29, 0.717) is 12.6 Å². The monoisotopic (exact) mass is 217 g/mol. The SMILES string of the molecule is CC(C)(C)CNc1cc(F)c(F)cc1F. The third kappa shape index (κ3) is 3.46. The van der Waals surface area contributed by atoms with E-state index in [9.17, 15) is 13.2 Å². The molecule has 0 amide bonds. The lowest BCUT2D eigenvalue weighted by Gasteiger charge is -2.19. The second-order valence-electron chi connectivity index (χ2n) is 4.66. The van der Waals surface area contributed by atoms with Gasteiger partial charge >= 0.3 is 0 Å². The molecule has 1 nitrogen and oxygen atoms in total. The first-order chi connectivity index (χ1) is 6.79. The van der Waals surface area contributed by atoms with Gasteiger partial charge in [0.1, 0.15) is 5.82 Å². The van der Waals surface area contributed by atoms with Gasteiger partial charge in [0.05, 0.1) is 5.69 Å². The summed E-state index contributed by atoms with van der Waals surface area (Å²) < 4.78 is 38.5. The lowest BCUT2D eigenvalue weighted by molar-refractivity contribution is 0.440. The van der Waals surface area contributed by atoms with E-state index in [0.717, 1.165) is 6.07 Å². The first-order valence-electron chi connectivity index (χ1n) is 4.68. The van der Waals surface area contributed by atoms with Crippen LogP contribution in [0.4, 0.5) is 18.9 Å². The number of nitrogens with one attached hydrogen (secondary N) is 1. The Morgan fingerprint density at radius 1 is 1.00 bits per heavy atom. The van der Waals surface area contributed by atoms with Crippen molar-refractivity contribution in [1.82, 2.24) is 0 Å². The van der Waals surface area contributed by atoms with Crippen molar-refractivity contribution in [2.75, 3.05) is 11.9 Å². The first kappa shape index (κ1) is 11.9. The average Bonchev–Trinajstić information content (AvgIpc) is 2.07. The van der Waals surface area contributed by atoms with Gasteiger partial charge in [-0.3, -0.25) is 0 Å². The molecule has 1 aromatic rings. The van der Waals surface area contributed by atoms with Gasteiger partial charge < -0.3 is 5.32 Å². The Morgan fingerprint density at radius 3 is 2.07 bits per heavy atom. The minimum atomic E-state index is -1.17. The Hall–Kier alpha value is -1.19. The molecule has 15 heavy (non-hydrogen) atoms. The van der Waals surface area contributed by atoms with Crippen LogP contribution in [0.5, 0.6) is 0 Å². The normalized spacial score (nSPS) is 11.6. The maximum atomic E-state index is 13.1. The number of benzene rings is 1. The molecule has 0 aliphatic heterocycles. The average molecular weight is 217 g/mol. The summed E-state index contributed by atoms with van der Waals surface area (Å²) in [5, 5.41) is 2.74. The Balaban J connectivity index is 2.82. The minimum absolute atomic E-state index is 0.0103. The molecule has 84 valence electrons. The molecule has 0 aliphatic rings. The lowest BCUT2D eigenvalue weighted by Crippen LogP contribution is -2.19. The smallest absolute Gasteiger partial charge is 0.161 e. The second-order valence-corrected chi connectivity index (χ2v) is 4.66. The number of halogens is 3. The van der Waals surface area contributed by atoms with Gasteiger partial charge in [-0.1, -0.05) is 20.8 Å². The minimum Gasteiger partial charge on any atom is -0.382 e. The van der Waals surface area contributed by atoms with Crippen LogP contribution in [0, 0.1) is 22.9 Å². The van der Waals surface area contributed by atoms with Gasteiger partial charge in [-0.2, -0.15) is 0 Å². The molecule has 0 atom stereocenters. The zero-order chi connectivity index (χ0) is 11.6. The molecule has 0 saturated heterocycles. The molecule has 0 aliphatic carbocycles. The van der Waals surface area contributed by atoms with Crippen molar-refractivity contribution in [3.05, 3.63) is 29.6 Å². The van der Waals surface area contributed by atoms with Gasteiger partial charge in [0, 0.05) is 18.7 Å². The van der Waals surface area contributed by atoms with E-state index >= 15 is 0 Å². The van der Waals surface area contributed by atoms with Crippen molar-refractivity contribution in [3.8, 4) is 0 Å². The summed E-state index contributed by atoms with van der Waals surface area (Å²) in [5.41, 5.74) is -0.0686. The summed E-state index contributed by atoms with van der Waals surface area (Å²) in [6.45, 7) is 6.35. The maximum Gasteiger partial charge on any atom is 0.161 e. The lowest BCUT2D eigenvalue weighted by atomic mass is 9.97. The molecular formula is C11H14F3N. The van der Waals surface area contributed by atoms with Gasteiger partial charge in [0.2, 0.25) is 0 Å². The fourth-order valence-electron chi connectivity index (χ4n) is 1.02. The van der Waals surface area contributed by atoms with E-state index in [2.05, 4.69) is 5.32 Å². The molecule has 4 heteroatoms. The standard InChI is InChI=1S/C11H14F3N/c1-11(2,3)6-15-10-5-8(13)7(12)4-9(10)14/h4-5,15H,6H2,1-3H3. The van der Waals surface area contributed by atoms with Crippen LogP contribution in [0.1, 0.15) is 20.8 Å². The Bertz CT molecular complexity index is 356. The highest BCUT2D eigenvalue weighted by Gasteiger charge is 2.13. The van der Waals surface area contributed by atoms with Crippen LogP contribution in [0.3, 0.4) is 0 Å². The fraction of sp³-hybridized carbons (Fsp3) is 0.455. The molecule has 0 bridgehead atoms. The van der Waals surface area contributed by atoms with Crippen LogP contribution in [0.15, 0.2) is 12.1 Å². The van der Waals surface area contributed by atoms with E-state index in [1.54, 1.807) is 0 Å². The zero-order valence-corrected chi connectivity index (χ0v) is 9.00. The van der Waals surface area contributed by atoms with Gasteiger partial charge in [-0.25, -0.2) is 13.2 Å². The molecular weight excluding hydrogens is 203 g/mol. The Morgan fingerprint density at radius 2 is 1.53 bits per heavy atom. The van der Waals surface area contributed by atoms with Crippen LogP contribution in [-0.4, -0.2) is 6.54 Å². The number of rotatable bonds is 2. The number of hydrogen-bond acceptors (Lipinski definition) is 1. The molecule has 1 rings (SSSR count). The predicted molar refractivity (Wildman–Crippen MR) is 54.3 cm³/mol. The van der Waals surface area contributed by atoms with Gasteiger partial charge in [-0.05, 0) is 5.41 Å². The van der Waals surface area contributed by atoms with Crippen molar-refractivity contribution in [2.45, 2.75) is 20.8 Å². The van der Waals surface area contributed by atoms with Crippen molar-refractivity contribution < 1.29 is 13.2 Å². The molecule has 1 N–H and O–H groups in total. The summed E-state index contributed by atoms with van der Waals surface area (Å²) in [5.74, 6) is -3.00. The van der Waals surface area contributed by atoms with Crippen molar-refractivity contribution in [2.24, 2.45) is 5.41 Å². The van der Waals surface area contributed by atoms with Crippen LogP contribution in [0.25, 0.3) is 0 Å². The molecule has 0 saturated carbocycles. The number of anilines is 1. The highest BCUT2D eigenvalue weighted by molar-refractivity contribution is 5.45. The molecule has 0 radical (unpaired) electrons. The fourth-order valence-corrected chi connectivity index (χ4v) is 1.02. The molecule has 0 fully saturated rings. The molecule has 0 heterocycles. The summed E-state index contributed by atoms with van der Waals surface area (Å²) in [4.78, 5) is 0. The third-order valence-corrected chi connectivity index (χ3v) is 1.82. The summed E-state index contributed by atoms with van der Waals surface area (Å²) in [7, 11) is 0. The molecule has 0 spiro atoms. The number of hydrogen-bond donors (Lipinski definition) is 1. The topological polar surface area (TPSA) is 12.0 Å². The highest BCUT2D eigenvalue weighted by Crippen LogP contribution is 2.20. The van der Waals surface area contributed by atoms with E-state index < -0.39 is 17.5 Å². The van der Waals surface area contributed by atoms with E-state index in [1.165, 1.54) is 0 Å². The van der Waals surface area contributed by atoms with Crippen molar-refractivity contribution >= 4 is 5.69 Å². The van der Waals surface area contributed by atoms with Gasteiger partial charge in [0.25, 0.3) is 0 Å². The van der Waals surface area contributed by atoms with E-state index in [1.807, 2.05) is 20.8 Å². The van der Waals surface area contributed by atoms with E-state index in [-0.39, 0.29) is 11.1 Å². The third-order valence-electron chi connectivity index (χ3n) is 1.82. The largest absolute Gasteiger partial charge is 0.382 e. The molecule has 0 unspecified atom stereocenters. The second kappa shape index (κ2) is 4.13. The maximum absolute atomic E-state index is 13.1. The summed E-state index contributed by atoms with van der Waals surface area (Å²) >= 11 is 0. The Labute approximate surface area is 87.3 Å². The van der Waals surface area contributed by atoms with Crippen molar-refractivity contribution in [1.29, 1.82) is 0 Å². The van der Waals surface area contributed by atoms with Crippen molar-refractivity contribution in [3.63, 3.8) is 0 Å². The molecule has 0 aromatic heterocycles. The van der Waals surface area contributed by atoms with Crippen LogP contribution >= 0.6 is 0 Å². The summed E-state index contributed by atoms with van der Waals surface area (Å²) in [6, 6.07) is 1.37. The highest BCUT2D eigenvalue weighted by atomic mass is 19.2. The Kier molecular flexibility index (Phi) is 3.27. The van der Waals surface area contributed by atoms with Crippen LogP contribution in [0.2, 0.25) is 0 Å². The molecule has 1 aromatic carbocycles. The van der Waals surface area contributed by atoms with E-state index in [4.69, 9.17) is 0 Å². The summed E-state index contributed by atoms with van der Waals surface area (Å²) in [6.07, 6.45) is 0. The quantitative estimate of drug-likeness (QED) is 0.747. The van der Waals surface area contributed by atoms with Crippen LogP contribution < -0.4 is 5.32 Å². The van der Waals surface area contributed by atoms with Crippen LogP contribution in [-0.2, 0) is 0 Å². The zero-order valence-electron chi connectivity index (χ0n) is 9.00. The first-order valence-corrected chi connectivity index (χ1v) is 4.68. The van der Waals surface area contributed by atoms with Gasteiger partial charge in [0.15, 0.2) is 11.6 Å². The predicted octanol–water partition coefficient (Wildman–Crippen LogP) is 3.56. The van der Waals surface area contributed by atoms with Gasteiger partial charge in [-0.15, -0.1) is 0 Å².